The summed E-state index contributed by atoms with van der Waals surface area (Å²) in [7, 11) is 0. The van der Waals surface area contributed by atoms with Gasteiger partial charge in [0.05, 0.1) is 11.7 Å². The summed E-state index contributed by atoms with van der Waals surface area (Å²) in [6.07, 6.45) is -4.39. The molecule has 1 fully saturated rings. The highest BCUT2D eigenvalue weighted by Gasteiger charge is 2.35. The molecule has 0 radical (unpaired) electrons. The van der Waals surface area contributed by atoms with Crippen molar-refractivity contribution in [3.63, 3.8) is 0 Å². The van der Waals surface area contributed by atoms with Crippen LogP contribution in [0.3, 0.4) is 0 Å². The lowest BCUT2D eigenvalue weighted by molar-refractivity contribution is -0.140. The quantitative estimate of drug-likeness (QED) is 0.746. The minimum absolute atomic E-state index is 0.169. The number of carbonyl (C=O) groups is 1. The Balaban J connectivity index is 2.27. The molecular weight excluding hydrogens is 290 g/mol. The highest BCUT2D eigenvalue weighted by atomic mass is 19.4. The summed E-state index contributed by atoms with van der Waals surface area (Å²) in [5, 5.41) is 0. The van der Waals surface area contributed by atoms with Crippen LogP contribution in [0.5, 0.6) is 0 Å². The normalized spacial score (nSPS) is 20.2. The van der Waals surface area contributed by atoms with Crippen LogP contribution >= 0.6 is 0 Å². The fourth-order valence-electron chi connectivity index (χ4n) is 2.24. The van der Waals surface area contributed by atoms with Crippen molar-refractivity contribution in [1.29, 1.82) is 0 Å². The predicted octanol–water partition coefficient (Wildman–Crippen LogP) is 3.10. The zero-order valence-corrected chi connectivity index (χ0v) is 11.4. The van der Waals surface area contributed by atoms with E-state index in [1.165, 1.54) is 4.90 Å². The van der Waals surface area contributed by atoms with E-state index in [2.05, 4.69) is 0 Å². The number of hydrogen-bond acceptors (Lipinski definition) is 2. The largest absolute Gasteiger partial charge is 0.419 e. The third-order valence-electron chi connectivity index (χ3n) is 3.26. The van der Waals surface area contributed by atoms with E-state index in [-0.39, 0.29) is 11.7 Å². The summed E-state index contributed by atoms with van der Waals surface area (Å²) in [4.78, 5) is 13.7. The van der Waals surface area contributed by atoms with Crippen LogP contribution in [-0.4, -0.2) is 36.6 Å². The lowest BCUT2D eigenvalue weighted by Gasteiger charge is -2.22. The van der Waals surface area contributed by atoms with Crippen LogP contribution in [0.25, 0.3) is 0 Å². The van der Waals surface area contributed by atoms with Crippen molar-refractivity contribution in [1.82, 2.24) is 4.90 Å². The second kappa shape index (κ2) is 6.01. The van der Waals surface area contributed by atoms with Crippen LogP contribution in [0, 0.1) is 5.82 Å². The van der Waals surface area contributed by atoms with Crippen molar-refractivity contribution in [2.24, 2.45) is 0 Å². The van der Waals surface area contributed by atoms with Gasteiger partial charge in [0.15, 0.2) is 0 Å². The van der Waals surface area contributed by atoms with Gasteiger partial charge in [-0.3, -0.25) is 4.79 Å². The standard InChI is InChI=1S/C14H15F4NO2/c1-9-8-19(5-2-6-21-9)13(20)10-3-4-12(15)11(7-10)14(16,17)18/h3-4,7,9H,2,5-6,8H2,1H3. The summed E-state index contributed by atoms with van der Waals surface area (Å²) < 4.78 is 56.6. The zero-order valence-electron chi connectivity index (χ0n) is 11.4. The second-order valence-corrected chi connectivity index (χ2v) is 4.98. The average Bonchev–Trinajstić information content (AvgIpc) is 2.62. The van der Waals surface area contributed by atoms with Gasteiger partial charge in [-0.15, -0.1) is 0 Å². The fraction of sp³-hybridized carbons (Fsp3) is 0.500. The first kappa shape index (κ1) is 15.8. The number of amides is 1. The number of rotatable bonds is 1. The van der Waals surface area contributed by atoms with E-state index in [4.69, 9.17) is 4.74 Å². The van der Waals surface area contributed by atoms with E-state index in [0.29, 0.717) is 38.2 Å². The number of hydrogen-bond donors (Lipinski definition) is 0. The maximum absolute atomic E-state index is 13.2. The molecule has 0 aromatic heterocycles. The lowest BCUT2D eigenvalue weighted by atomic mass is 10.1. The molecule has 2 rings (SSSR count). The van der Waals surface area contributed by atoms with Crippen molar-refractivity contribution < 1.29 is 27.1 Å². The lowest BCUT2D eigenvalue weighted by Crippen LogP contribution is -2.36. The van der Waals surface area contributed by atoms with E-state index < -0.39 is 23.5 Å². The first-order valence-corrected chi connectivity index (χ1v) is 6.56. The van der Waals surface area contributed by atoms with Crippen LogP contribution in [0.2, 0.25) is 0 Å². The summed E-state index contributed by atoms with van der Waals surface area (Å²) in [6.45, 7) is 3.00. The van der Waals surface area contributed by atoms with Crippen LogP contribution in [-0.2, 0) is 10.9 Å². The molecule has 1 unspecified atom stereocenters. The molecule has 0 bridgehead atoms. The van der Waals surface area contributed by atoms with Gasteiger partial charge in [-0.05, 0) is 31.5 Å². The van der Waals surface area contributed by atoms with Crippen molar-refractivity contribution in [2.75, 3.05) is 19.7 Å². The van der Waals surface area contributed by atoms with Gasteiger partial charge >= 0.3 is 6.18 Å². The maximum atomic E-state index is 13.2. The zero-order chi connectivity index (χ0) is 15.6. The van der Waals surface area contributed by atoms with Gasteiger partial charge in [0.25, 0.3) is 5.91 Å². The molecule has 1 amide bonds. The van der Waals surface area contributed by atoms with Gasteiger partial charge in [0, 0.05) is 25.3 Å². The minimum Gasteiger partial charge on any atom is -0.377 e. The number of halogens is 4. The Labute approximate surface area is 119 Å². The number of ether oxygens (including phenoxy) is 1. The third-order valence-corrected chi connectivity index (χ3v) is 3.26. The first-order valence-electron chi connectivity index (χ1n) is 6.56. The average molecular weight is 305 g/mol. The molecule has 1 aliphatic heterocycles. The summed E-state index contributed by atoms with van der Waals surface area (Å²) in [6, 6.07) is 2.31. The van der Waals surface area contributed by atoms with Crippen LogP contribution in [0.4, 0.5) is 17.6 Å². The fourth-order valence-corrected chi connectivity index (χ4v) is 2.24. The SMILES string of the molecule is CC1CN(C(=O)c2ccc(F)c(C(F)(F)F)c2)CCCO1. The second-order valence-electron chi connectivity index (χ2n) is 4.98. The van der Waals surface area contributed by atoms with Crippen LogP contribution in [0.1, 0.15) is 29.3 Å². The Hall–Kier alpha value is -1.63. The molecule has 1 aromatic rings. The Morgan fingerprint density at radius 1 is 1.38 bits per heavy atom. The van der Waals surface area contributed by atoms with E-state index in [1.54, 1.807) is 6.92 Å². The topological polar surface area (TPSA) is 29.5 Å². The Morgan fingerprint density at radius 2 is 2.10 bits per heavy atom. The molecule has 0 saturated carbocycles. The predicted molar refractivity (Wildman–Crippen MR) is 67.3 cm³/mol. The molecule has 1 heterocycles. The molecular formula is C14H15F4NO2. The Kier molecular flexibility index (Phi) is 4.51. The molecule has 0 N–H and O–H groups in total. The van der Waals surface area contributed by atoms with E-state index in [9.17, 15) is 22.4 Å². The van der Waals surface area contributed by atoms with Gasteiger partial charge in [-0.25, -0.2) is 4.39 Å². The number of benzene rings is 1. The molecule has 0 aliphatic carbocycles. The first-order chi connectivity index (χ1) is 9.79. The molecule has 7 heteroatoms. The van der Waals surface area contributed by atoms with Gasteiger partial charge in [0.2, 0.25) is 0 Å². The monoisotopic (exact) mass is 305 g/mol. The van der Waals surface area contributed by atoms with Gasteiger partial charge in [0.1, 0.15) is 5.82 Å². The smallest absolute Gasteiger partial charge is 0.377 e. The van der Waals surface area contributed by atoms with Crippen LogP contribution < -0.4 is 0 Å². The molecule has 116 valence electrons. The van der Waals surface area contributed by atoms with Crippen molar-refractivity contribution in [3.05, 3.63) is 35.1 Å². The molecule has 3 nitrogen and oxygen atoms in total. The molecule has 1 aliphatic rings. The van der Waals surface area contributed by atoms with Crippen LogP contribution in [0.15, 0.2) is 18.2 Å². The van der Waals surface area contributed by atoms with Crippen molar-refractivity contribution >= 4 is 5.91 Å². The van der Waals surface area contributed by atoms with Gasteiger partial charge < -0.3 is 9.64 Å². The number of carbonyl (C=O) groups excluding carboxylic acids is 1. The van der Waals surface area contributed by atoms with Crippen molar-refractivity contribution in [3.8, 4) is 0 Å². The number of nitrogens with zero attached hydrogens (tertiary/aromatic N) is 1. The number of alkyl halides is 3. The van der Waals surface area contributed by atoms with E-state index in [1.807, 2.05) is 0 Å². The highest BCUT2D eigenvalue weighted by Crippen LogP contribution is 2.32. The van der Waals surface area contributed by atoms with E-state index >= 15 is 0 Å². The highest BCUT2D eigenvalue weighted by molar-refractivity contribution is 5.94. The van der Waals surface area contributed by atoms with E-state index in [0.717, 1.165) is 6.07 Å². The molecule has 1 aromatic carbocycles. The van der Waals surface area contributed by atoms with Gasteiger partial charge in [-0.1, -0.05) is 0 Å². The Bertz CT molecular complexity index is 530. The maximum Gasteiger partial charge on any atom is 0.419 e. The van der Waals surface area contributed by atoms with Crippen molar-refractivity contribution in [2.45, 2.75) is 25.6 Å². The third kappa shape index (κ3) is 3.72. The van der Waals surface area contributed by atoms with Gasteiger partial charge in [-0.2, -0.15) is 13.2 Å². The Morgan fingerprint density at radius 3 is 2.76 bits per heavy atom. The minimum atomic E-state index is -4.82. The summed E-state index contributed by atoms with van der Waals surface area (Å²) in [5.41, 5.74) is -1.59. The molecule has 1 atom stereocenters. The molecule has 21 heavy (non-hydrogen) atoms. The molecule has 1 saturated heterocycles. The summed E-state index contributed by atoms with van der Waals surface area (Å²) in [5.74, 6) is -1.93. The summed E-state index contributed by atoms with van der Waals surface area (Å²) >= 11 is 0. The molecule has 0 spiro atoms.